The molecule has 2 atom stereocenters. The molecule has 1 fully saturated rings. The van der Waals surface area contributed by atoms with E-state index in [1.807, 2.05) is 31.0 Å². The minimum Gasteiger partial charge on any atom is -0.335 e. The second-order valence-corrected chi connectivity index (χ2v) is 6.60. The number of hydrogen-bond donors (Lipinski definition) is 1. The van der Waals surface area contributed by atoms with E-state index in [1.54, 1.807) is 6.20 Å². The maximum absolute atomic E-state index is 12.8. The Bertz CT molecular complexity index is 660. The van der Waals surface area contributed by atoms with Crippen molar-refractivity contribution in [1.29, 1.82) is 0 Å². The minimum atomic E-state index is 0.165. The number of aryl methyl sites for hydroxylation is 2. The molecule has 2 unspecified atom stereocenters. The predicted molar refractivity (Wildman–Crippen MR) is 88.9 cm³/mol. The van der Waals surface area contributed by atoms with Crippen molar-refractivity contribution in [3.05, 3.63) is 47.0 Å². The highest BCUT2D eigenvalue weighted by molar-refractivity contribution is 5.77. The minimum absolute atomic E-state index is 0.165. The monoisotopic (exact) mass is 312 g/mol. The van der Waals surface area contributed by atoms with E-state index in [1.165, 1.54) is 5.56 Å². The van der Waals surface area contributed by atoms with E-state index in [2.05, 4.69) is 28.2 Å². The van der Waals surface area contributed by atoms with Gasteiger partial charge < -0.3 is 4.90 Å². The van der Waals surface area contributed by atoms with Gasteiger partial charge in [-0.05, 0) is 49.8 Å². The lowest BCUT2D eigenvalue weighted by molar-refractivity contribution is -0.132. The summed E-state index contributed by atoms with van der Waals surface area (Å²) in [5, 5.41) is 7.20. The fourth-order valence-corrected chi connectivity index (χ4v) is 3.53. The fraction of sp³-hybridized carbons (Fsp3) is 0.500. The van der Waals surface area contributed by atoms with Crippen LogP contribution in [0, 0.1) is 19.8 Å². The number of aromatic amines is 1. The van der Waals surface area contributed by atoms with Gasteiger partial charge in [0.05, 0.1) is 11.7 Å². The summed E-state index contributed by atoms with van der Waals surface area (Å²) in [4.78, 5) is 19.0. The number of aromatic nitrogens is 3. The zero-order valence-electron chi connectivity index (χ0n) is 14.0. The van der Waals surface area contributed by atoms with Crippen molar-refractivity contribution in [1.82, 2.24) is 20.1 Å². The summed E-state index contributed by atoms with van der Waals surface area (Å²) in [6.45, 7) is 7.04. The van der Waals surface area contributed by atoms with Gasteiger partial charge in [0.15, 0.2) is 0 Å². The number of rotatable bonds is 4. The Balaban J connectivity index is 1.70. The molecule has 1 amide bonds. The summed E-state index contributed by atoms with van der Waals surface area (Å²) in [7, 11) is 0. The van der Waals surface area contributed by atoms with Gasteiger partial charge in [0.25, 0.3) is 0 Å². The second-order valence-electron chi connectivity index (χ2n) is 6.60. The lowest BCUT2D eigenvalue weighted by atomic mass is 10.0. The number of H-pyrrole nitrogens is 1. The van der Waals surface area contributed by atoms with Gasteiger partial charge in [0.2, 0.25) is 5.91 Å². The van der Waals surface area contributed by atoms with Crippen LogP contribution in [0.4, 0.5) is 0 Å². The highest BCUT2D eigenvalue weighted by Gasteiger charge is 2.33. The van der Waals surface area contributed by atoms with Crippen molar-refractivity contribution in [3.63, 3.8) is 0 Å². The van der Waals surface area contributed by atoms with Gasteiger partial charge in [-0.2, -0.15) is 5.10 Å². The van der Waals surface area contributed by atoms with Gasteiger partial charge in [0, 0.05) is 31.1 Å². The molecule has 3 rings (SSSR count). The van der Waals surface area contributed by atoms with Gasteiger partial charge in [-0.15, -0.1) is 0 Å². The molecule has 1 aliphatic rings. The molecule has 3 heterocycles. The molecule has 0 aliphatic carbocycles. The van der Waals surface area contributed by atoms with Crippen LogP contribution in [0.1, 0.15) is 48.3 Å². The molecule has 5 heteroatoms. The molecule has 0 aromatic carbocycles. The molecule has 122 valence electrons. The van der Waals surface area contributed by atoms with Gasteiger partial charge in [-0.3, -0.25) is 14.9 Å². The maximum Gasteiger partial charge on any atom is 0.223 e. The lowest BCUT2D eigenvalue weighted by Gasteiger charge is -2.25. The van der Waals surface area contributed by atoms with Crippen molar-refractivity contribution in [2.45, 2.75) is 46.1 Å². The van der Waals surface area contributed by atoms with E-state index in [-0.39, 0.29) is 11.9 Å². The lowest BCUT2D eigenvalue weighted by Crippen LogP contribution is -2.31. The third-order valence-electron chi connectivity index (χ3n) is 4.77. The molecular weight excluding hydrogens is 288 g/mol. The Hall–Kier alpha value is -2.17. The molecule has 0 bridgehead atoms. The number of amides is 1. The summed E-state index contributed by atoms with van der Waals surface area (Å²) in [6, 6.07) is 4.18. The number of nitrogens with one attached hydrogen (secondary N) is 1. The molecule has 2 aromatic rings. The first-order valence-corrected chi connectivity index (χ1v) is 8.26. The van der Waals surface area contributed by atoms with Crippen molar-refractivity contribution in [2.75, 3.05) is 6.54 Å². The van der Waals surface area contributed by atoms with E-state index in [0.717, 1.165) is 36.3 Å². The molecule has 2 aromatic heterocycles. The maximum atomic E-state index is 12.8. The highest BCUT2D eigenvalue weighted by Crippen LogP contribution is 2.35. The van der Waals surface area contributed by atoms with E-state index >= 15 is 0 Å². The molecule has 1 N–H and O–H groups in total. The number of pyridine rings is 1. The number of carbonyl (C=O) groups excluding carboxylic acids is 1. The quantitative estimate of drug-likeness (QED) is 0.944. The average molecular weight is 312 g/mol. The standard InChI is InChI=1S/C18H24N4O/c1-12-9-17(15-5-4-8-19-10-15)22(11-12)18(23)7-6-16-13(2)20-21-14(16)3/h4-5,8,10,12,17H,6-7,9,11H2,1-3H3,(H,20,21). The normalized spacial score (nSPS) is 20.9. The SMILES string of the molecule is Cc1n[nH]c(C)c1CCC(=O)N1CC(C)CC1c1cccnc1. The Morgan fingerprint density at radius 1 is 1.43 bits per heavy atom. The highest BCUT2D eigenvalue weighted by atomic mass is 16.2. The summed E-state index contributed by atoms with van der Waals surface area (Å²) < 4.78 is 0. The van der Waals surface area contributed by atoms with Crippen LogP contribution < -0.4 is 0 Å². The number of likely N-dealkylation sites (tertiary alicyclic amines) is 1. The van der Waals surface area contributed by atoms with E-state index in [9.17, 15) is 4.79 Å². The summed E-state index contributed by atoms with van der Waals surface area (Å²) in [5.41, 5.74) is 4.37. The Morgan fingerprint density at radius 2 is 2.26 bits per heavy atom. The van der Waals surface area contributed by atoms with Crippen LogP contribution >= 0.6 is 0 Å². The number of hydrogen-bond acceptors (Lipinski definition) is 3. The first-order valence-electron chi connectivity index (χ1n) is 8.26. The third-order valence-corrected chi connectivity index (χ3v) is 4.77. The van der Waals surface area contributed by atoms with Crippen LogP contribution in [0.15, 0.2) is 24.5 Å². The molecule has 1 saturated heterocycles. The van der Waals surface area contributed by atoms with Crippen molar-refractivity contribution in [2.24, 2.45) is 5.92 Å². The average Bonchev–Trinajstić information content (AvgIpc) is 3.09. The Kier molecular flexibility index (Phi) is 4.46. The molecule has 5 nitrogen and oxygen atoms in total. The smallest absolute Gasteiger partial charge is 0.223 e. The van der Waals surface area contributed by atoms with Gasteiger partial charge in [-0.25, -0.2) is 0 Å². The molecule has 1 aliphatic heterocycles. The van der Waals surface area contributed by atoms with Crippen molar-refractivity contribution >= 4 is 5.91 Å². The van der Waals surface area contributed by atoms with Crippen LogP contribution in [0.2, 0.25) is 0 Å². The topological polar surface area (TPSA) is 61.9 Å². The van der Waals surface area contributed by atoms with E-state index in [4.69, 9.17) is 0 Å². The van der Waals surface area contributed by atoms with E-state index < -0.39 is 0 Å². The summed E-state index contributed by atoms with van der Waals surface area (Å²) in [5.74, 6) is 0.754. The van der Waals surface area contributed by atoms with Crippen LogP contribution in [0.25, 0.3) is 0 Å². The number of carbonyl (C=O) groups is 1. The van der Waals surface area contributed by atoms with Crippen LogP contribution in [0.3, 0.4) is 0 Å². The third kappa shape index (κ3) is 3.28. The first-order chi connectivity index (χ1) is 11.1. The molecular formula is C18H24N4O. The van der Waals surface area contributed by atoms with Crippen LogP contribution in [-0.4, -0.2) is 32.5 Å². The van der Waals surface area contributed by atoms with Gasteiger partial charge in [0.1, 0.15) is 0 Å². The largest absolute Gasteiger partial charge is 0.335 e. The predicted octanol–water partition coefficient (Wildman–Crippen LogP) is 2.96. The Morgan fingerprint density at radius 3 is 2.91 bits per heavy atom. The fourth-order valence-electron chi connectivity index (χ4n) is 3.53. The van der Waals surface area contributed by atoms with Crippen molar-refractivity contribution < 1.29 is 4.79 Å². The van der Waals surface area contributed by atoms with Crippen molar-refractivity contribution in [3.8, 4) is 0 Å². The zero-order valence-corrected chi connectivity index (χ0v) is 14.0. The molecule has 0 radical (unpaired) electrons. The van der Waals surface area contributed by atoms with E-state index in [0.29, 0.717) is 12.3 Å². The Labute approximate surface area is 137 Å². The summed E-state index contributed by atoms with van der Waals surface area (Å²) in [6.07, 6.45) is 5.95. The summed E-state index contributed by atoms with van der Waals surface area (Å²) >= 11 is 0. The van der Waals surface area contributed by atoms with Gasteiger partial charge >= 0.3 is 0 Å². The van der Waals surface area contributed by atoms with Gasteiger partial charge in [-0.1, -0.05) is 13.0 Å². The molecule has 23 heavy (non-hydrogen) atoms. The molecule has 0 spiro atoms. The van der Waals surface area contributed by atoms with Crippen LogP contribution in [0.5, 0.6) is 0 Å². The first kappa shape index (κ1) is 15.7. The number of nitrogens with zero attached hydrogens (tertiary/aromatic N) is 3. The zero-order chi connectivity index (χ0) is 16.4. The second kappa shape index (κ2) is 6.52. The van der Waals surface area contributed by atoms with Crippen LogP contribution in [-0.2, 0) is 11.2 Å². The molecule has 0 saturated carbocycles.